The first-order valence-corrected chi connectivity index (χ1v) is 8.09. The molecule has 0 aliphatic rings. The summed E-state index contributed by atoms with van der Waals surface area (Å²) < 4.78 is 40.6. The molecule has 4 nitrogen and oxygen atoms in total. The first-order chi connectivity index (χ1) is 9.40. The summed E-state index contributed by atoms with van der Waals surface area (Å²) in [6, 6.07) is 7.08. The molecule has 1 N–H and O–H groups in total. The van der Waals surface area contributed by atoms with Crippen LogP contribution in [0.3, 0.4) is 0 Å². The van der Waals surface area contributed by atoms with Gasteiger partial charge < -0.3 is 0 Å². The van der Waals surface area contributed by atoms with Crippen LogP contribution in [0.2, 0.25) is 5.15 Å². The molecular formula is C12H9BrClFN2O2S. The number of nitrogens with zero attached hydrogens (tertiary/aromatic N) is 1. The van der Waals surface area contributed by atoms with Crippen LogP contribution < -0.4 is 4.72 Å². The van der Waals surface area contributed by atoms with Crippen molar-refractivity contribution < 1.29 is 12.8 Å². The van der Waals surface area contributed by atoms with Gasteiger partial charge in [-0.1, -0.05) is 27.5 Å². The van der Waals surface area contributed by atoms with E-state index in [-0.39, 0.29) is 22.2 Å². The van der Waals surface area contributed by atoms with Crippen molar-refractivity contribution in [2.45, 2.75) is 11.4 Å². The summed E-state index contributed by atoms with van der Waals surface area (Å²) in [7, 11) is -3.85. The Kier molecular flexibility index (Phi) is 4.74. The van der Waals surface area contributed by atoms with Gasteiger partial charge in [0.25, 0.3) is 0 Å². The van der Waals surface area contributed by atoms with Crippen molar-refractivity contribution in [1.82, 2.24) is 9.71 Å². The molecule has 2 rings (SSSR count). The van der Waals surface area contributed by atoms with E-state index >= 15 is 0 Å². The molecule has 0 unspecified atom stereocenters. The molecule has 20 heavy (non-hydrogen) atoms. The highest BCUT2D eigenvalue weighted by atomic mass is 79.9. The Morgan fingerprint density at radius 1 is 1.35 bits per heavy atom. The molecule has 2 aromatic rings. The van der Waals surface area contributed by atoms with E-state index in [1.807, 2.05) is 0 Å². The summed E-state index contributed by atoms with van der Waals surface area (Å²) in [4.78, 5) is 3.56. The maximum Gasteiger partial charge on any atom is 0.243 e. The normalized spacial score (nSPS) is 11.6. The quantitative estimate of drug-likeness (QED) is 0.830. The second-order valence-corrected chi connectivity index (χ2v) is 6.86. The van der Waals surface area contributed by atoms with Crippen molar-refractivity contribution in [2.75, 3.05) is 0 Å². The lowest BCUT2D eigenvalue weighted by Gasteiger charge is -2.08. The zero-order valence-corrected chi connectivity index (χ0v) is 13.1. The third-order valence-corrected chi connectivity index (χ3v) is 4.81. The van der Waals surface area contributed by atoms with Gasteiger partial charge in [-0.05, 0) is 30.3 Å². The third kappa shape index (κ3) is 3.54. The van der Waals surface area contributed by atoms with Gasteiger partial charge in [0.05, 0.1) is 0 Å². The van der Waals surface area contributed by atoms with Crippen molar-refractivity contribution in [3.63, 3.8) is 0 Å². The molecule has 0 fully saturated rings. The second kappa shape index (κ2) is 6.17. The number of nitrogens with one attached hydrogen (secondary N) is 1. The Morgan fingerprint density at radius 3 is 2.80 bits per heavy atom. The summed E-state index contributed by atoms with van der Waals surface area (Å²) in [5.41, 5.74) is 0.225. The lowest BCUT2D eigenvalue weighted by Crippen LogP contribution is -2.24. The fourth-order valence-electron chi connectivity index (χ4n) is 1.50. The monoisotopic (exact) mass is 378 g/mol. The molecule has 0 amide bonds. The Balaban J connectivity index is 2.22. The second-order valence-electron chi connectivity index (χ2n) is 3.85. The number of sulfonamides is 1. The molecule has 1 aromatic heterocycles. The van der Waals surface area contributed by atoms with Crippen LogP contribution >= 0.6 is 27.5 Å². The largest absolute Gasteiger partial charge is 0.243 e. The van der Waals surface area contributed by atoms with Crippen molar-refractivity contribution >= 4 is 37.6 Å². The number of halogens is 3. The Labute approximate surface area is 129 Å². The van der Waals surface area contributed by atoms with E-state index in [2.05, 4.69) is 25.6 Å². The Morgan fingerprint density at radius 2 is 2.10 bits per heavy atom. The smallest absolute Gasteiger partial charge is 0.243 e. The van der Waals surface area contributed by atoms with Crippen LogP contribution in [0.25, 0.3) is 0 Å². The molecular weight excluding hydrogens is 371 g/mol. The minimum absolute atomic E-state index is 0.130. The summed E-state index contributed by atoms with van der Waals surface area (Å²) in [5, 5.41) is -0.130. The third-order valence-electron chi connectivity index (χ3n) is 2.47. The molecule has 8 heteroatoms. The summed E-state index contributed by atoms with van der Waals surface area (Å²) in [6.45, 7) is -0.182. The van der Waals surface area contributed by atoms with E-state index in [4.69, 9.17) is 11.6 Å². The maximum absolute atomic E-state index is 13.5. The maximum atomic E-state index is 13.5. The van der Waals surface area contributed by atoms with Crippen LogP contribution in [0.15, 0.2) is 45.9 Å². The SMILES string of the molecule is O=S(=O)(NCc1cc(Br)ccc1F)c1cccnc1Cl. The number of hydrogen-bond donors (Lipinski definition) is 1. The van der Waals surface area contributed by atoms with Crippen molar-refractivity contribution in [1.29, 1.82) is 0 Å². The van der Waals surface area contributed by atoms with Crippen molar-refractivity contribution in [2.24, 2.45) is 0 Å². The highest BCUT2D eigenvalue weighted by Gasteiger charge is 2.18. The zero-order valence-electron chi connectivity index (χ0n) is 9.98. The van der Waals surface area contributed by atoms with E-state index in [0.29, 0.717) is 4.47 Å². The van der Waals surface area contributed by atoms with E-state index in [9.17, 15) is 12.8 Å². The van der Waals surface area contributed by atoms with Gasteiger partial charge in [-0.15, -0.1) is 0 Å². The molecule has 0 aliphatic carbocycles. The van der Waals surface area contributed by atoms with Crippen LogP contribution in [-0.4, -0.2) is 13.4 Å². The molecule has 0 radical (unpaired) electrons. The van der Waals surface area contributed by atoms with Gasteiger partial charge in [-0.25, -0.2) is 22.5 Å². The predicted octanol–water partition coefficient (Wildman–Crippen LogP) is 3.12. The molecule has 0 spiro atoms. The minimum atomic E-state index is -3.85. The van der Waals surface area contributed by atoms with Gasteiger partial charge in [-0.2, -0.15) is 0 Å². The topological polar surface area (TPSA) is 59.1 Å². The van der Waals surface area contributed by atoms with Gasteiger partial charge in [0.2, 0.25) is 10.0 Å². The standard InChI is InChI=1S/C12H9BrClFN2O2S/c13-9-3-4-10(15)8(6-9)7-17-20(18,19)11-2-1-5-16-12(11)14/h1-6,17H,7H2. The van der Waals surface area contributed by atoms with Gasteiger partial charge in [0.1, 0.15) is 15.9 Å². The Hall–Kier alpha value is -1.02. The molecule has 1 aromatic carbocycles. The summed E-state index contributed by atoms with van der Waals surface area (Å²) in [6.07, 6.45) is 1.38. The number of rotatable bonds is 4. The summed E-state index contributed by atoms with van der Waals surface area (Å²) >= 11 is 8.93. The van der Waals surface area contributed by atoms with Gasteiger partial charge >= 0.3 is 0 Å². The highest BCUT2D eigenvalue weighted by molar-refractivity contribution is 9.10. The average molecular weight is 380 g/mol. The molecule has 1 heterocycles. The van der Waals surface area contributed by atoms with E-state index in [1.165, 1.54) is 36.5 Å². The number of benzene rings is 1. The van der Waals surface area contributed by atoms with Gasteiger partial charge in [0.15, 0.2) is 0 Å². The fourth-order valence-corrected chi connectivity index (χ4v) is 3.37. The van der Waals surface area contributed by atoms with Crippen LogP contribution in [0, 0.1) is 5.82 Å². The zero-order chi connectivity index (χ0) is 14.8. The van der Waals surface area contributed by atoms with Crippen molar-refractivity contribution in [3.8, 4) is 0 Å². The Bertz CT molecular complexity index is 740. The lowest BCUT2D eigenvalue weighted by molar-refractivity contribution is 0.574. The number of hydrogen-bond acceptors (Lipinski definition) is 3. The van der Waals surface area contributed by atoms with Gasteiger partial charge in [-0.3, -0.25) is 0 Å². The molecule has 0 saturated heterocycles. The van der Waals surface area contributed by atoms with Gasteiger partial charge in [0, 0.05) is 22.8 Å². The molecule has 0 bridgehead atoms. The number of pyridine rings is 1. The molecule has 106 valence electrons. The minimum Gasteiger partial charge on any atom is -0.243 e. The van der Waals surface area contributed by atoms with E-state index in [1.54, 1.807) is 0 Å². The van der Waals surface area contributed by atoms with E-state index < -0.39 is 15.8 Å². The number of aromatic nitrogens is 1. The predicted molar refractivity (Wildman–Crippen MR) is 77.4 cm³/mol. The average Bonchev–Trinajstić information content (AvgIpc) is 2.40. The highest BCUT2D eigenvalue weighted by Crippen LogP contribution is 2.19. The molecule has 0 atom stereocenters. The fraction of sp³-hybridized carbons (Fsp3) is 0.0833. The van der Waals surface area contributed by atoms with E-state index in [0.717, 1.165) is 0 Å². The lowest BCUT2D eigenvalue weighted by atomic mass is 10.2. The van der Waals surface area contributed by atoms with Crippen LogP contribution in [-0.2, 0) is 16.6 Å². The van der Waals surface area contributed by atoms with Crippen LogP contribution in [0.1, 0.15) is 5.56 Å². The van der Waals surface area contributed by atoms with Crippen LogP contribution in [0.4, 0.5) is 4.39 Å². The molecule has 0 saturated carbocycles. The van der Waals surface area contributed by atoms with Crippen LogP contribution in [0.5, 0.6) is 0 Å². The summed E-state index contributed by atoms with van der Waals surface area (Å²) in [5.74, 6) is -0.492. The van der Waals surface area contributed by atoms with Crippen molar-refractivity contribution in [3.05, 3.63) is 57.5 Å². The molecule has 0 aliphatic heterocycles. The first kappa shape index (κ1) is 15.4. The first-order valence-electron chi connectivity index (χ1n) is 5.44.